The second kappa shape index (κ2) is 6.14. The molecule has 0 amide bonds. The minimum Gasteiger partial charge on any atom is -0.392 e. The first-order chi connectivity index (χ1) is 11.6. The number of fused-ring (bicyclic) bond motifs is 1. The lowest BCUT2D eigenvalue weighted by molar-refractivity contribution is 0.0583. The molecule has 1 aliphatic rings. The lowest BCUT2D eigenvalue weighted by atomic mass is 9.61. The van der Waals surface area contributed by atoms with E-state index in [0.29, 0.717) is 0 Å². The number of aliphatic hydroxyl groups is 1. The molecule has 3 rings (SSSR count). The van der Waals surface area contributed by atoms with Crippen molar-refractivity contribution in [2.75, 3.05) is 0 Å². The summed E-state index contributed by atoms with van der Waals surface area (Å²) in [5.41, 5.74) is 7.53. The Hall–Kier alpha value is -1.86. The van der Waals surface area contributed by atoms with Gasteiger partial charge in [0.1, 0.15) is 0 Å². The van der Waals surface area contributed by atoms with Crippen LogP contribution in [0.3, 0.4) is 0 Å². The fraction of sp³-hybridized carbons (Fsp3) is 0.417. The molecule has 1 unspecified atom stereocenters. The zero-order valence-electron chi connectivity index (χ0n) is 16.4. The van der Waals surface area contributed by atoms with Crippen LogP contribution in [-0.2, 0) is 10.8 Å². The number of benzene rings is 2. The van der Waals surface area contributed by atoms with Crippen molar-refractivity contribution in [2.24, 2.45) is 0 Å². The number of aryl methyl sites for hydroxylation is 1. The molecule has 0 radical (unpaired) electrons. The van der Waals surface area contributed by atoms with E-state index >= 15 is 0 Å². The predicted octanol–water partition coefficient (Wildman–Crippen LogP) is 5.88. The number of hydrogen-bond acceptors (Lipinski definition) is 1. The zero-order chi connectivity index (χ0) is 18.4. The van der Waals surface area contributed by atoms with E-state index in [1.54, 1.807) is 0 Å². The highest BCUT2D eigenvalue weighted by Crippen LogP contribution is 2.47. The van der Waals surface area contributed by atoms with Gasteiger partial charge in [-0.2, -0.15) is 0 Å². The Kier molecular flexibility index (Phi) is 4.41. The van der Waals surface area contributed by atoms with Crippen LogP contribution in [0.2, 0.25) is 0 Å². The molecule has 1 aliphatic carbocycles. The summed E-state index contributed by atoms with van der Waals surface area (Å²) in [6, 6.07) is 15.1. The van der Waals surface area contributed by atoms with Gasteiger partial charge in [0.2, 0.25) is 0 Å². The maximum absolute atomic E-state index is 10.7. The van der Waals surface area contributed by atoms with Crippen molar-refractivity contribution in [1.82, 2.24) is 0 Å². The third-order valence-corrected chi connectivity index (χ3v) is 5.93. The van der Waals surface area contributed by atoms with E-state index in [1.807, 2.05) is 6.07 Å². The summed E-state index contributed by atoms with van der Waals surface area (Å²) in [7, 11) is 0. The molecule has 0 saturated heterocycles. The lowest BCUT2D eigenvalue weighted by Gasteiger charge is -2.46. The molecule has 0 aromatic heterocycles. The summed E-state index contributed by atoms with van der Waals surface area (Å²) >= 11 is 0. The van der Waals surface area contributed by atoms with E-state index in [9.17, 15) is 5.11 Å². The standard InChI is InChI=1S/C24H30O/c1-16(12-18-10-8-7-9-11-18)19-14-21-20(13-17(19)2)23(3,4)15-22(25)24(21,5)6/h7-14,22,25H,15H2,1-6H3. The van der Waals surface area contributed by atoms with Gasteiger partial charge in [0.05, 0.1) is 6.10 Å². The van der Waals surface area contributed by atoms with Crippen molar-refractivity contribution < 1.29 is 5.11 Å². The van der Waals surface area contributed by atoms with E-state index < -0.39 is 0 Å². The second-order valence-corrected chi connectivity index (χ2v) is 8.78. The third kappa shape index (κ3) is 3.18. The van der Waals surface area contributed by atoms with Crippen LogP contribution in [0.15, 0.2) is 42.5 Å². The highest BCUT2D eigenvalue weighted by Gasteiger charge is 2.43. The van der Waals surface area contributed by atoms with Gasteiger partial charge in [-0.05, 0) is 59.1 Å². The maximum Gasteiger partial charge on any atom is 0.0639 e. The predicted molar refractivity (Wildman–Crippen MR) is 108 cm³/mol. The Labute approximate surface area is 152 Å². The van der Waals surface area contributed by atoms with E-state index in [0.717, 1.165) is 6.42 Å². The Balaban J connectivity index is 2.16. The first-order valence-corrected chi connectivity index (χ1v) is 9.20. The molecule has 0 spiro atoms. The summed E-state index contributed by atoms with van der Waals surface area (Å²) in [6.07, 6.45) is 2.74. The van der Waals surface area contributed by atoms with Gasteiger partial charge >= 0.3 is 0 Å². The molecule has 2 aromatic rings. The third-order valence-electron chi connectivity index (χ3n) is 5.93. The van der Waals surface area contributed by atoms with Crippen LogP contribution in [0, 0.1) is 6.92 Å². The van der Waals surface area contributed by atoms with Crippen molar-refractivity contribution >= 4 is 11.6 Å². The van der Waals surface area contributed by atoms with E-state index in [-0.39, 0.29) is 16.9 Å². The van der Waals surface area contributed by atoms with Gasteiger partial charge in [0.15, 0.2) is 0 Å². The molecule has 0 bridgehead atoms. The maximum atomic E-state index is 10.7. The normalized spacial score (nSPS) is 21.7. The van der Waals surface area contributed by atoms with Crippen molar-refractivity contribution in [1.29, 1.82) is 0 Å². The number of hydrogen-bond donors (Lipinski definition) is 1. The monoisotopic (exact) mass is 334 g/mol. The van der Waals surface area contributed by atoms with Gasteiger partial charge in [-0.15, -0.1) is 0 Å². The molecule has 0 heterocycles. The minimum atomic E-state index is -0.316. The summed E-state index contributed by atoms with van der Waals surface area (Å²) in [5.74, 6) is 0. The van der Waals surface area contributed by atoms with Crippen LogP contribution in [0.1, 0.15) is 68.9 Å². The van der Waals surface area contributed by atoms with Crippen LogP contribution in [0.25, 0.3) is 11.6 Å². The van der Waals surface area contributed by atoms with Crippen molar-refractivity contribution in [2.45, 2.75) is 64.9 Å². The van der Waals surface area contributed by atoms with Crippen molar-refractivity contribution in [3.05, 3.63) is 70.3 Å². The fourth-order valence-corrected chi connectivity index (χ4v) is 4.13. The van der Waals surface area contributed by atoms with Crippen LogP contribution in [0.4, 0.5) is 0 Å². The molecule has 2 aromatic carbocycles. The van der Waals surface area contributed by atoms with E-state index in [1.165, 1.54) is 33.4 Å². The molecule has 1 nitrogen and oxygen atoms in total. The molecule has 1 N–H and O–H groups in total. The quantitative estimate of drug-likeness (QED) is 0.680. The number of aliphatic hydroxyl groups excluding tert-OH is 1. The highest BCUT2D eigenvalue weighted by molar-refractivity contribution is 5.82. The SMILES string of the molecule is CC(=Cc1ccccc1)c1cc2c(cc1C)C(C)(C)CC(O)C2(C)C. The van der Waals surface area contributed by atoms with Gasteiger partial charge in [-0.25, -0.2) is 0 Å². The average molecular weight is 335 g/mol. The Morgan fingerprint density at radius 2 is 1.68 bits per heavy atom. The molecule has 0 saturated carbocycles. The van der Waals surface area contributed by atoms with Gasteiger partial charge in [-0.1, -0.05) is 76.2 Å². The Bertz CT molecular complexity index is 809. The molecule has 0 fully saturated rings. The molecule has 1 atom stereocenters. The van der Waals surface area contributed by atoms with Crippen molar-refractivity contribution in [3.63, 3.8) is 0 Å². The fourth-order valence-electron chi connectivity index (χ4n) is 4.13. The molecule has 0 aliphatic heterocycles. The largest absolute Gasteiger partial charge is 0.392 e. The van der Waals surface area contributed by atoms with Crippen LogP contribution >= 0.6 is 0 Å². The van der Waals surface area contributed by atoms with Crippen LogP contribution in [0.5, 0.6) is 0 Å². The van der Waals surface area contributed by atoms with Crippen LogP contribution < -0.4 is 0 Å². The Morgan fingerprint density at radius 3 is 2.32 bits per heavy atom. The summed E-state index contributed by atoms with van der Waals surface area (Å²) in [4.78, 5) is 0. The number of rotatable bonds is 2. The summed E-state index contributed by atoms with van der Waals surface area (Å²) in [5, 5.41) is 10.7. The summed E-state index contributed by atoms with van der Waals surface area (Å²) < 4.78 is 0. The molecular formula is C24H30O. The first kappa shape index (κ1) is 17.9. The topological polar surface area (TPSA) is 20.2 Å². The minimum absolute atomic E-state index is 0.00457. The first-order valence-electron chi connectivity index (χ1n) is 9.20. The molecule has 25 heavy (non-hydrogen) atoms. The van der Waals surface area contributed by atoms with Gasteiger partial charge < -0.3 is 5.11 Å². The van der Waals surface area contributed by atoms with E-state index in [2.05, 4.69) is 84.0 Å². The molecule has 1 heteroatoms. The van der Waals surface area contributed by atoms with Crippen molar-refractivity contribution in [3.8, 4) is 0 Å². The second-order valence-electron chi connectivity index (χ2n) is 8.78. The molecular weight excluding hydrogens is 304 g/mol. The molecule has 132 valence electrons. The van der Waals surface area contributed by atoms with Crippen LogP contribution in [-0.4, -0.2) is 11.2 Å². The zero-order valence-corrected chi connectivity index (χ0v) is 16.4. The number of allylic oxidation sites excluding steroid dienone is 1. The van der Waals surface area contributed by atoms with Gasteiger partial charge in [0, 0.05) is 5.41 Å². The lowest BCUT2D eigenvalue weighted by Crippen LogP contribution is -2.45. The average Bonchev–Trinajstić information content (AvgIpc) is 2.53. The highest BCUT2D eigenvalue weighted by atomic mass is 16.3. The Morgan fingerprint density at radius 1 is 1.04 bits per heavy atom. The smallest absolute Gasteiger partial charge is 0.0639 e. The summed E-state index contributed by atoms with van der Waals surface area (Å²) in [6.45, 7) is 13.2. The van der Waals surface area contributed by atoms with Gasteiger partial charge in [-0.3, -0.25) is 0 Å². The van der Waals surface area contributed by atoms with E-state index in [4.69, 9.17) is 0 Å². The van der Waals surface area contributed by atoms with Gasteiger partial charge in [0.25, 0.3) is 0 Å².